The second-order valence-electron chi connectivity index (χ2n) is 3.85. The molecule has 0 bridgehead atoms. The van der Waals surface area contributed by atoms with Crippen molar-refractivity contribution in [1.82, 2.24) is 0 Å². The molecule has 0 saturated heterocycles. The molecule has 74 valence electrons. The normalized spacial score (nSPS) is 17.9. The van der Waals surface area contributed by atoms with Crippen LogP contribution in [-0.2, 0) is 10.2 Å². The maximum Gasteiger partial charge on any atom is 0.314 e. The van der Waals surface area contributed by atoms with Gasteiger partial charge in [-0.3, -0.25) is 4.79 Å². The van der Waals surface area contributed by atoms with Crippen molar-refractivity contribution in [2.45, 2.75) is 25.2 Å². The molecule has 2 rings (SSSR count). The SMILES string of the molecule is Cc1cc(C2(C(=O)O)CC2)ccc1Cl. The van der Waals surface area contributed by atoms with Crippen molar-refractivity contribution in [3.63, 3.8) is 0 Å². The predicted octanol–water partition coefficient (Wildman–Crippen LogP) is 2.76. The molecule has 0 radical (unpaired) electrons. The number of benzene rings is 1. The molecular formula is C11H11ClO2. The van der Waals surface area contributed by atoms with Crippen molar-refractivity contribution in [2.24, 2.45) is 0 Å². The maximum absolute atomic E-state index is 11.0. The van der Waals surface area contributed by atoms with Gasteiger partial charge in [-0.1, -0.05) is 23.7 Å². The Morgan fingerprint density at radius 3 is 2.57 bits per heavy atom. The van der Waals surface area contributed by atoms with Crippen LogP contribution < -0.4 is 0 Å². The molecule has 2 nitrogen and oxygen atoms in total. The first-order chi connectivity index (χ1) is 6.56. The van der Waals surface area contributed by atoms with Gasteiger partial charge in [0.05, 0.1) is 5.41 Å². The van der Waals surface area contributed by atoms with Crippen LogP contribution in [0.3, 0.4) is 0 Å². The average molecular weight is 211 g/mol. The standard InChI is InChI=1S/C11H11ClO2/c1-7-6-8(2-3-9(7)12)11(4-5-11)10(13)14/h2-3,6H,4-5H2,1H3,(H,13,14). The zero-order chi connectivity index (χ0) is 10.3. The maximum atomic E-state index is 11.0. The summed E-state index contributed by atoms with van der Waals surface area (Å²) in [5, 5.41) is 9.77. The minimum absolute atomic E-state index is 0.616. The zero-order valence-electron chi connectivity index (χ0n) is 7.88. The van der Waals surface area contributed by atoms with Crippen LogP contribution in [0.5, 0.6) is 0 Å². The molecule has 3 heteroatoms. The second kappa shape index (κ2) is 2.99. The molecule has 0 aromatic heterocycles. The highest BCUT2D eigenvalue weighted by molar-refractivity contribution is 6.31. The van der Waals surface area contributed by atoms with Crippen LogP contribution in [0, 0.1) is 6.92 Å². The number of hydrogen-bond donors (Lipinski definition) is 1. The van der Waals surface area contributed by atoms with E-state index >= 15 is 0 Å². The molecule has 0 heterocycles. The van der Waals surface area contributed by atoms with Gasteiger partial charge in [0.2, 0.25) is 0 Å². The molecule has 1 aromatic carbocycles. The summed E-state index contributed by atoms with van der Waals surface area (Å²) >= 11 is 5.88. The summed E-state index contributed by atoms with van der Waals surface area (Å²) in [5.74, 6) is -0.723. The van der Waals surface area contributed by atoms with E-state index in [2.05, 4.69) is 0 Å². The van der Waals surface area contributed by atoms with Gasteiger partial charge in [0.25, 0.3) is 0 Å². The number of rotatable bonds is 2. The summed E-state index contributed by atoms with van der Waals surface area (Å²) in [7, 11) is 0. The van der Waals surface area contributed by atoms with E-state index in [0.717, 1.165) is 24.0 Å². The van der Waals surface area contributed by atoms with Crippen molar-refractivity contribution in [3.05, 3.63) is 34.3 Å². The van der Waals surface area contributed by atoms with E-state index in [1.54, 1.807) is 6.07 Å². The van der Waals surface area contributed by atoms with E-state index in [0.29, 0.717) is 5.02 Å². The number of hydrogen-bond acceptors (Lipinski definition) is 1. The summed E-state index contributed by atoms with van der Waals surface area (Å²) in [4.78, 5) is 11.0. The van der Waals surface area contributed by atoms with Crippen LogP contribution in [-0.4, -0.2) is 11.1 Å². The topological polar surface area (TPSA) is 37.3 Å². The number of aliphatic carboxylic acids is 1. The van der Waals surface area contributed by atoms with Gasteiger partial charge in [-0.15, -0.1) is 0 Å². The van der Waals surface area contributed by atoms with Crippen molar-refractivity contribution in [2.75, 3.05) is 0 Å². The highest BCUT2D eigenvalue weighted by Crippen LogP contribution is 2.48. The monoisotopic (exact) mass is 210 g/mol. The lowest BCUT2D eigenvalue weighted by atomic mass is 9.95. The van der Waals surface area contributed by atoms with E-state index in [-0.39, 0.29) is 0 Å². The number of carboxylic acids is 1. The number of carboxylic acid groups (broad SMARTS) is 1. The van der Waals surface area contributed by atoms with Crippen molar-refractivity contribution < 1.29 is 9.90 Å². The first kappa shape index (κ1) is 9.53. The Bertz CT molecular complexity index is 394. The van der Waals surface area contributed by atoms with E-state index in [4.69, 9.17) is 16.7 Å². The van der Waals surface area contributed by atoms with Crippen molar-refractivity contribution in [1.29, 1.82) is 0 Å². The third kappa shape index (κ3) is 1.30. The van der Waals surface area contributed by atoms with Crippen molar-refractivity contribution in [3.8, 4) is 0 Å². The Hall–Kier alpha value is -1.02. The van der Waals surface area contributed by atoms with Crippen LogP contribution in [0.25, 0.3) is 0 Å². The van der Waals surface area contributed by atoms with E-state index in [1.165, 1.54) is 0 Å². The average Bonchev–Trinajstić information content (AvgIpc) is 2.90. The second-order valence-corrected chi connectivity index (χ2v) is 4.26. The van der Waals surface area contributed by atoms with Gasteiger partial charge < -0.3 is 5.11 Å². The van der Waals surface area contributed by atoms with Gasteiger partial charge in [-0.05, 0) is 37.0 Å². The number of carbonyl (C=O) groups is 1. The fraction of sp³-hybridized carbons (Fsp3) is 0.364. The Balaban J connectivity index is 2.43. The third-order valence-electron chi connectivity index (χ3n) is 2.87. The van der Waals surface area contributed by atoms with Crippen LogP contribution in [0.2, 0.25) is 5.02 Å². The van der Waals surface area contributed by atoms with Crippen LogP contribution in [0.1, 0.15) is 24.0 Å². The lowest BCUT2D eigenvalue weighted by Crippen LogP contribution is -2.19. The molecule has 0 unspecified atom stereocenters. The van der Waals surface area contributed by atoms with Gasteiger partial charge in [-0.2, -0.15) is 0 Å². The van der Waals surface area contributed by atoms with Crippen LogP contribution >= 0.6 is 11.6 Å². The summed E-state index contributed by atoms with van der Waals surface area (Å²) in [5.41, 5.74) is 1.21. The molecule has 0 aliphatic heterocycles. The summed E-state index contributed by atoms with van der Waals surface area (Å²) in [6, 6.07) is 5.47. The van der Waals surface area contributed by atoms with E-state index < -0.39 is 11.4 Å². The fourth-order valence-electron chi connectivity index (χ4n) is 1.69. The molecular weight excluding hydrogens is 200 g/mol. The van der Waals surface area contributed by atoms with Gasteiger partial charge in [0.1, 0.15) is 0 Å². The Morgan fingerprint density at radius 2 is 2.14 bits per heavy atom. The molecule has 1 saturated carbocycles. The zero-order valence-corrected chi connectivity index (χ0v) is 8.64. The number of aryl methyl sites for hydroxylation is 1. The summed E-state index contributed by atoms with van der Waals surface area (Å²) in [6.07, 6.45) is 1.48. The van der Waals surface area contributed by atoms with Gasteiger partial charge in [0.15, 0.2) is 0 Å². The van der Waals surface area contributed by atoms with Crippen LogP contribution in [0.15, 0.2) is 18.2 Å². The Morgan fingerprint density at radius 1 is 1.50 bits per heavy atom. The molecule has 0 amide bonds. The highest BCUT2D eigenvalue weighted by Gasteiger charge is 2.51. The Labute approximate surface area is 87.5 Å². The molecule has 14 heavy (non-hydrogen) atoms. The van der Waals surface area contributed by atoms with Gasteiger partial charge >= 0.3 is 5.97 Å². The molecule has 0 spiro atoms. The van der Waals surface area contributed by atoms with Crippen LogP contribution in [0.4, 0.5) is 0 Å². The lowest BCUT2D eigenvalue weighted by Gasteiger charge is -2.11. The number of halogens is 1. The molecule has 1 aliphatic rings. The summed E-state index contributed by atoms with van der Waals surface area (Å²) in [6.45, 7) is 1.89. The summed E-state index contributed by atoms with van der Waals surface area (Å²) < 4.78 is 0. The quantitative estimate of drug-likeness (QED) is 0.815. The van der Waals surface area contributed by atoms with Gasteiger partial charge in [-0.25, -0.2) is 0 Å². The first-order valence-corrected chi connectivity index (χ1v) is 4.94. The molecule has 1 N–H and O–H groups in total. The van der Waals surface area contributed by atoms with Crippen molar-refractivity contribution >= 4 is 17.6 Å². The fourth-order valence-corrected chi connectivity index (χ4v) is 1.81. The predicted molar refractivity (Wildman–Crippen MR) is 54.7 cm³/mol. The molecule has 1 aliphatic carbocycles. The Kier molecular flexibility index (Phi) is 2.04. The van der Waals surface area contributed by atoms with E-state index in [1.807, 2.05) is 19.1 Å². The minimum Gasteiger partial charge on any atom is -0.481 e. The molecule has 1 aromatic rings. The van der Waals surface area contributed by atoms with E-state index in [9.17, 15) is 4.79 Å². The smallest absolute Gasteiger partial charge is 0.314 e. The minimum atomic E-state index is -0.723. The highest BCUT2D eigenvalue weighted by atomic mass is 35.5. The molecule has 1 fully saturated rings. The third-order valence-corrected chi connectivity index (χ3v) is 3.29. The first-order valence-electron chi connectivity index (χ1n) is 4.56. The molecule has 0 atom stereocenters. The lowest BCUT2D eigenvalue weighted by molar-refractivity contribution is -0.140. The van der Waals surface area contributed by atoms with Gasteiger partial charge in [0, 0.05) is 5.02 Å². The largest absolute Gasteiger partial charge is 0.481 e.